The molecule has 0 radical (unpaired) electrons. The van der Waals surface area contributed by atoms with Crippen molar-refractivity contribution in [2.24, 2.45) is 0 Å². The van der Waals surface area contributed by atoms with Crippen LogP contribution in [-0.4, -0.2) is 29.1 Å². The van der Waals surface area contributed by atoms with Crippen LogP contribution in [0.25, 0.3) is 0 Å². The summed E-state index contributed by atoms with van der Waals surface area (Å²) in [5.74, 6) is -7.43. The summed E-state index contributed by atoms with van der Waals surface area (Å²) in [5.41, 5.74) is 0.00613. The van der Waals surface area contributed by atoms with E-state index in [0.717, 1.165) is 6.92 Å². The molecule has 0 N–H and O–H groups in total. The molecular weight excluding hydrogens is 317 g/mol. The van der Waals surface area contributed by atoms with Crippen LogP contribution in [0.15, 0.2) is 24.3 Å². The molecule has 120 valence electrons. The van der Waals surface area contributed by atoms with Crippen molar-refractivity contribution >= 4 is 23.4 Å². The number of nitro groups is 1. The van der Waals surface area contributed by atoms with Crippen molar-refractivity contribution in [1.82, 2.24) is 0 Å². The third-order valence-corrected chi connectivity index (χ3v) is 3.41. The summed E-state index contributed by atoms with van der Waals surface area (Å²) in [6.07, 6.45) is -0.556. The van der Waals surface area contributed by atoms with Gasteiger partial charge in [-0.1, -0.05) is 29.8 Å². The molecule has 0 saturated carbocycles. The third kappa shape index (κ3) is 3.59. The van der Waals surface area contributed by atoms with Crippen LogP contribution in [0, 0.1) is 10.1 Å². The van der Waals surface area contributed by atoms with Crippen molar-refractivity contribution in [3.05, 3.63) is 45.0 Å². The summed E-state index contributed by atoms with van der Waals surface area (Å²) in [6.45, 7) is 2.32. The number of carbonyl (C=O) groups is 2. The Balaban J connectivity index is 3.46. The van der Waals surface area contributed by atoms with Gasteiger partial charge in [0.15, 0.2) is 0 Å². The van der Waals surface area contributed by atoms with Crippen molar-refractivity contribution in [3.8, 4) is 0 Å². The van der Waals surface area contributed by atoms with Crippen LogP contribution in [0.4, 0.5) is 4.39 Å². The molecule has 2 atom stereocenters. The maximum absolute atomic E-state index is 15.0. The number of rotatable bonds is 7. The lowest BCUT2D eigenvalue weighted by atomic mass is 9.85. The number of benzene rings is 1. The Kier molecular flexibility index (Phi) is 5.99. The highest BCUT2D eigenvalue weighted by atomic mass is 35.5. The Morgan fingerprint density at radius 3 is 2.50 bits per heavy atom. The molecule has 22 heavy (non-hydrogen) atoms. The molecule has 1 aromatic rings. The summed E-state index contributed by atoms with van der Waals surface area (Å²) in [5, 5.41) is 11.2. The Morgan fingerprint density at radius 2 is 2.05 bits per heavy atom. The van der Waals surface area contributed by atoms with Crippen molar-refractivity contribution in [3.63, 3.8) is 0 Å². The van der Waals surface area contributed by atoms with E-state index in [4.69, 9.17) is 11.6 Å². The average molecular weight is 332 g/mol. The van der Waals surface area contributed by atoms with Crippen LogP contribution in [0.5, 0.6) is 0 Å². The van der Waals surface area contributed by atoms with E-state index < -0.39 is 34.8 Å². The molecule has 0 aromatic heterocycles. The fourth-order valence-electron chi connectivity index (χ4n) is 2.07. The molecule has 0 saturated heterocycles. The van der Waals surface area contributed by atoms with Crippen molar-refractivity contribution in [1.29, 1.82) is 0 Å². The zero-order valence-electron chi connectivity index (χ0n) is 12.0. The van der Waals surface area contributed by atoms with Crippen LogP contribution in [0.1, 0.15) is 31.7 Å². The molecule has 0 aliphatic rings. The predicted octanol–water partition coefficient (Wildman–Crippen LogP) is 2.91. The van der Waals surface area contributed by atoms with Crippen LogP contribution in [0.3, 0.4) is 0 Å². The van der Waals surface area contributed by atoms with Crippen molar-refractivity contribution < 1.29 is 23.6 Å². The number of nitrogens with zero attached hydrogens (tertiary/aromatic N) is 1. The minimum atomic E-state index is -3.59. The van der Waals surface area contributed by atoms with E-state index in [2.05, 4.69) is 4.74 Å². The minimum absolute atomic E-state index is 0.00613. The molecule has 8 heteroatoms. The van der Waals surface area contributed by atoms with E-state index in [1.165, 1.54) is 25.1 Å². The van der Waals surface area contributed by atoms with Gasteiger partial charge in [-0.15, -0.1) is 0 Å². The standard InChI is InChI=1S/C14H15ClFNO5/c1-3-22-13(19)14(16,17(20)21)11(8-9(2)18)10-6-4-5-7-12(10)15/h4-7,11H,3,8H2,1-2H3. The number of alkyl halides is 1. The average Bonchev–Trinajstić information content (AvgIpc) is 2.44. The molecular formula is C14H15ClFNO5. The normalized spacial score (nSPS) is 14.7. The summed E-state index contributed by atoms with van der Waals surface area (Å²) in [4.78, 5) is 33.1. The zero-order valence-corrected chi connectivity index (χ0v) is 12.8. The second-order valence-electron chi connectivity index (χ2n) is 4.63. The van der Waals surface area contributed by atoms with E-state index in [0.29, 0.717) is 0 Å². The molecule has 0 heterocycles. The highest BCUT2D eigenvalue weighted by Crippen LogP contribution is 2.39. The second-order valence-corrected chi connectivity index (χ2v) is 5.04. The Hall–Kier alpha value is -2.02. The topological polar surface area (TPSA) is 86.5 Å². The van der Waals surface area contributed by atoms with Gasteiger partial charge in [-0.05, 0) is 25.5 Å². The van der Waals surface area contributed by atoms with Gasteiger partial charge in [0, 0.05) is 11.4 Å². The van der Waals surface area contributed by atoms with Crippen LogP contribution >= 0.6 is 11.6 Å². The summed E-state index contributed by atoms with van der Waals surface area (Å²) >= 11 is 5.94. The van der Waals surface area contributed by atoms with Gasteiger partial charge in [-0.25, -0.2) is 4.79 Å². The number of halogens is 2. The van der Waals surface area contributed by atoms with E-state index >= 15 is 4.39 Å². The van der Waals surface area contributed by atoms with Gasteiger partial charge in [0.2, 0.25) is 0 Å². The maximum Gasteiger partial charge on any atom is 0.461 e. The van der Waals surface area contributed by atoms with Crippen molar-refractivity contribution in [2.75, 3.05) is 6.61 Å². The first-order valence-electron chi connectivity index (χ1n) is 6.49. The second kappa shape index (κ2) is 7.31. The van der Waals surface area contributed by atoms with Gasteiger partial charge in [-0.2, -0.15) is 4.39 Å². The largest absolute Gasteiger partial charge is 0.461 e. The molecule has 0 aliphatic carbocycles. The molecule has 0 spiro atoms. The number of ketones is 1. The summed E-state index contributed by atoms with van der Waals surface area (Å²) in [6, 6.07) is 5.77. The van der Waals surface area contributed by atoms with Gasteiger partial charge in [-0.3, -0.25) is 14.9 Å². The quantitative estimate of drug-likeness (QED) is 0.332. The number of carbonyl (C=O) groups excluding carboxylic acids is 2. The van der Waals surface area contributed by atoms with Gasteiger partial charge in [0.05, 0.1) is 11.5 Å². The Labute approximate surface area is 131 Å². The lowest BCUT2D eigenvalue weighted by Crippen LogP contribution is -2.49. The van der Waals surface area contributed by atoms with Crippen LogP contribution < -0.4 is 0 Å². The molecule has 0 fully saturated rings. The van der Waals surface area contributed by atoms with E-state index in [1.807, 2.05) is 0 Å². The fourth-order valence-corrected chi connectivity index (χ4v) is 2.34. The first-order chi connectivity index (χ1) is 10.2. The van der Waals surface area contributed by atoms with Gasteiger partial charge in [0.25, 0.3) is 0 Å². The van der Waals surface area contributed by atoms with E-state index in [9.17, 15) is 19.7 Å². The molecule has 6 nitrogen and oxygen atoms in total. The minimum Gasteiger partial charge on any atom is -0.458 e. The highest BCUT2D eigenvalue weighted by Gasteiger charge is 2.61. The van der Waals surface area contributed by atoms with E-state index in [1.54, 1.807) is 6.07 Å². The predicted molar refractivity (Wildman–Crippen MR) is 77.0 cm³/mol. The lowest BCUT2D eigenvalue weighted by molar-refractivity contribution is -0.594. The number of ether oxygens (including phenoxy) is 1. The highest BCUT2D eigenvalue weighted by molar-refractivity contribution is 6.31. The van der Waals surface area contributed by atoms with Gasteiger partial charge < -0.3 is 4.74 Å². The van der Waals surface area contributed by atoms with Gasteiger partial charge >= 0.3 is 11.8 Å². The molecule has 1 rings (SSSR count). The fraction of sp³-hybridized carbons (Fsp3) is 0.429. The lowest BCUT2D eigenvalue weighted by Gasteiger charge is -2.24. The van der Waals surface area contributed by atoms with E-state index in [-0.39, 0.29) is 17.2 Å². The molecule has 0 amide bonds. The molecule has 0 aliphatic heterocycles. The molecule has 0 bridgehead atoms. The first kappa shape index (κ1) is 18.0. The Bertz CT molecular complexity index is 594. The van der Waals surface area contributed by atoms with Crippen LogP contribution in [-0.2, 0) is 14.3 Å². The van der Waals surface area contributed by atoms with Gasteiger partial charge in [0.1, 0.15) is 11.7 Å². The number of hydrogen-bond donors (Lipinski definition) is 0. The first-order valence-corrected chi connectivity index (χ1v) is 6.87. The Morgan fingerprint density at radius 1 is 1.45 bits per heavy atom. The maximum atomic E-state index is 15.0. The number of esters is 1. The summed E-state index contributed by atoms with van der Waals surface area (Å²) in [7, 11) is 0. The third-order valence-electron chi connectivity index (χ3n) is 3.06. The monoisotopic (exact) mass is 331 g/mol. The zero-order chi connectivity index (χ0) is 16.9. The number of hydrogen-bond acceptors (Lipinski definition) is 5. The molecule has 1 aromatic carbocycles. The molecule has 2 unspecified atom stereocenters. The summed E-state index contributed by atoms with van der Waals surface area (Å²) < 4.78 is 19.5. The number of Topliss-reactive ketones (excluding diaryl/α,β-unsaturated/α-hetero) is 1. The van der Waals surface area contributed by atoms with Crippen LogP contribution in [0.2, 0.25) is 5.02 Å². The SMILES string of the molecule is CCOC(=O)C(F)(C(CC(C)=O)c1ccccc1Cl)[N+](=O)[O-]. The smallest absolute Gasteiger partial charge is 0.458 e. The van der Waals surface area contributed by atoms with Crippen molar-refractivity contribution in [2.45, 2.75) is 32.0 Å².